The number of hydrogen-bond donors (Lipinski definition) is 0. The Kier molecular flexibility index (Phi) is 4.37. The molecule has 0 amide bonds. The van der Waals surface area contributed by atoms with E-state index in [9.17, 15) is 14.9 Å². The van der Waals surface area contributed by atoms with Crippen molar-refractivity contribution in [3.63, 3.8) is 0 Å². The maximum Gasteiger partial charge on any atom is 0.366 e. The van der Waals surface area contributed by atoms with Crippen molar-refractivity contribution in [2.24, 2.45) is 0 Å². The van der Waals surface area contributed by atoms with E-state index in [0.717, 1.165) is 11.1 Å². The monoisotopic (exact) mass is 372 g/mol. The van der Waals surface area contributed by atoms with Crippen molar-refractivity contribution in [1.82, 2.24) is 4.74 Å². The van der Waals surface area contributed by atoms with Crippen molar-refractivity contribution in [3.05, 3.63) is 105 Å². The van der Waals surface area contributed by atoms with Gasteiger partial charge in [0.15, 0.2) is 0 Å². The molecule has 6 nitrogen and oxygen atoms in total. The van der Waals surface area contributed by atoms with Crippen LogP contribution in [0.15, 0.2) is 88.2 Å². The first-order valence-electron chi connectivity index (χ1n) is 8.69. The van der Waals surface area contributed by atoms with E-state index in [1.54, 1.807) is 13.0 Å². The first-order chi connectivity index (χ1) is 13.6. The summed E-state index contributed by atoms with van der Waals surface area (Å²) in [5, 5.41) is 11.1. The van der Waals surface area contributed by atoms with Gasteiger partial charge in [0.1, 0.15) is 5.69 Å². The molecule has 1 heterocycles. The number of benzene rings is 3. The van der Waals surface area contributed by atoms with Crippen LogP contribution in [0.4, 0.5) is 5.69 Å². The first kappa shape index (κ1) is 17.5. The summed E-state index contributed by atoms with van der Waals surface area (Å²) in [7, 11) is 0. The van der Waals surface area contributed by atoms with Crippen LogP contribution in [-0.2, 0) is 0 Å². The lowest BCUT2D eigenvalue weighted by molar-refractivity contribution is -0.384. The van der Waals surface area contributed by atoms with Gasteiger partial charge in [0.2, 0.25) is 0 Å². The van der Waals surface area contributed by atoms with Gasteiger partial charge in [0, 0.05) is 17.7 Å². The third-order valence-electron chi connectivity index (χ3n) is 4.54. The van der Waals surface area contributed by atoms with Crippen molar-refractivity contribution < 1.29 is 9.45 Å². The molecule has 28 heavy (non-hydrogen) atoms. The van der Waals surface area contributed by atoms with Gasteiger partial charge in [-0.25, -0.2) is 4.79 Å². The maximum absolute atomic E-state index is 12.8. The van der Waals surface area contributed by atoms with Crippen molar-refractivity contribution in [3.8, 4) is 28.1 Å². The van der Waals surface area contributed by atoms with Gasteiger partial charge in [-0.1, -0.05) is 60.7 Å². The van der Waals surface area contributed by atoms with E-state index in [1.165, 1.54) is 16.9 Å². The van der Waals surface area contributed by atoms with Crippen molar-refractivity contribution >= 4 is 5.69 Å². The largest absolute Gasteiger partial charge is 0.366 e. The summed E-state index contributed by atoms with van der Waals surface area (Å²) in [6.45, 7) is 1.75. The molecule has 0 saturated heterocycles. The number of aromatic nitrogens is 1. The molecule has 0 bridgehead atoms. The third kappa shape index (κ3) is 3.01. The number of nitro benzene ring substituents is 1. The second-order valence-electron chi connectivity index (χ2n) is 6.36. The van der Waals surface area contributed by atoms with E-state index < -0.39 is 10.5 Å². The topological polar surface area (TPSA) is 78.3 Å². The molecule has 0 aliphatic carbocycles. The van der Waals surface area contributed by atoms with Crippen LogP contribution < -0.4 is 5.63 Å². The van der Waals surface area contributed by atoms with Crippen LogP contribution in [0.3, 0.4) is 0 Å². The summed E-state index contributed by atoms with van der Waals surface area (Å²) in [5.41, 5.74) is 3.33. The molecule has 0 saturated carbocycles. The quantitative estimate of drug-likeness (QED) is 0.374. The Morgan fingerprint density at radius 2 is 1.50 bits per heavy atom. The Morgan fingerprint density at radius 3 is 2.07 bits per heavy atom. The molecule has 3 aromatic carbocycles. The van der Waals surface area contributed by atoms with Crippen LogP contribution in [0.25, 0.3) is 28.1 Å². The van der Waals surface area contributed by atoms with Crippen LogP contribution in [0.1, 0.15) is 5.56 Å². The maximum atomic E-state index is 12.8. The van der Waals surface area contributed by atoms with Gasteiger partial charge < -0.3 is 4.52 Å². The molecule has 0 atom stereocenters. The highest BCUT2D eigenvalue weighted by atomic mass is 16.6. The molecule has 0 aliphatic heterocycles. The van der Waals surface area contributed by atoms with Crippen LogP contribution in [0, 0.1) is 17.0 Å². The Bertz CT molecular complexity index is 1210. The van der Waals surface area contributed by atoms with Crippen LogP contribution in [-0.4, -0.2) is 9.66 Å². The Morgan fingerprint density at radius 1 is 0.893 bits per heavy atom. The summed E-state index contributed by atoms with van der Waals surface area (Å²) in [4.78, 5) is 23.4. The minimum Gasteiger partial charge on any atom is -0.330 e. The van der Waals surface area contributed by atoms with Gasteiger partial charge >= 0.3 is 5.63 Å². The van der Waals surface area contributed by atoms with E-state index in [1.807, 2.05) is 60.7 Å². The molecular formula is C22H16N2O4. The molecule has 0 N–H and O–H groups in total. The zero-order chi connectivity index (χ0) is 19.7. The standard InChI is InChI=1S/C22H16N2O4/c1-15-14-18(24(26)27)12-13-19(15)23-21(17-10-6-3-7-11-17)20(22(25)28-23)16-8-4-2-5-9-16/h2-14H,1H3. The second kappa shape index (κ2) is 7.00. The molecule has 138 valence electrons. The Hall–Kier alpha value is -3.93. The Labute approximate surface area is 160 Å². The zero-order valence-corrected chi connectivity index (χ0v) is 15.0. The van der Waals surface area contributed by atoms with Gasteiger partial charge in [0.25, 0.3) is 5.69 Å². The number of nitro groups is 1. The third-order valence-corrected chi connectivity index (χ3v) is 4.54. The van der Waals surface area contributed by atoms with Gasteiger partial charge in [-0.15, -0.1) is 0 Å². The van der Waals surface area contributed by atoms with E-state index in [-0.39, 0.29) is 5.69 Å². The molecule has 0 radical (unpaired) electrons. The normalized spacial score (nSPS) is 10.8. The molecule has 4 aromatic rings. The first-order valence-corrected chi connectivity index (χ1v) is 8.69. The van der Waals surface area contributed by atoms with Gasteiger partial charge in [-0.3, -0.25) is 10.1 Å². The van der Waals surface area contributed by atoms with Crippen molar-refractivity contribution in [2.45, 2.75) is 6.92 Å². The van der Waals surface area contributed by atoms with Gasteiger partial charge in [-0.2, -0.15) is 4.74 Å². The summed E-state index contributed by atoms with van der Waals surface area (Å²) < 4.78 is 7.07. The highest BCUT2D eigenvalue weighted by molar-refractivity contribution is 5.81. The predicted molar refractivity (Wildman–Crippen MR) is 107 cm³/mol. The highest BCUT2D eigenvalue weighted by Crippen LogP contribution is 2.33. The predicted octanol–water partition coefficient (Wildman–Crippen LogP) is 4.98. The molecule has 0 fully saturated rings. The second-order valence-corrected chi connectivity index (χ2v) is 6.36. The van der Waals surface area contributed by atoms with Crippen LogP contribution >= 0.6 is 0 Å². The van der Waals surface area contributed by atoms with Crippen molar-refractivity contribution in [1.29, 1.82) is 0 Å². The molecule has 4 rings (SSSR count). The number of aryl methyl sites for hydroxylation is 1. The Balaban J connectivity index is 2.02. The zero-order valence-electron chi connectivity index (χ0n) is 15.0. The van der Waals surface area contributed by atoms with Gasteiger partial charge in [-0.05, 0) is 24.1 Å². The minimum absolute atomic E-state index is 0.0136. The summed E-state index contributed by atoms with van der Waals surface area (Å²) in [6.07, 6.45) is 0. The number of rotatable bonds is 4. The minimum atomic E-state index is -0.470. The molecule has 6 heteroatoms. The summed E-state index contributed by atoms with van der Waals surface area (Å²) in [6, 6.07) is 23.2. The molecule has 0 unspecified atom stereocenters. The fourth-order valence-corrected chi connectivity index (χ4v) is 3.24. The number of hydrogen-bond acceptors (Lipinski definition) is 4. The van der Waals surface area contributed by atoms with E-state index in [4.69, 9.17) is 4.52 Å². The highest BCUT2D eigenvalue weighted by Gasteiger charge is 2.23. The van der Waals surface area contributed by atoms with E-state index in [0.29, 0.717) is 22.5 Å². The smallest absolute Gasteiger partial charge is 0.330 e. The number of nitrogens with zero attached hydrogens (tertiary/aromatic N) is 2. The lowest BCUT2D eigenvalue weighted by Gasteiger charge is -2.11. The van der Waals surface area contributed by atoms with Crippen LogP contribution in [0.2, 0.25) is 0 Å². The molecule has 0 spiro atoms. The molecule has 1 aromatic heterocycles. The summed E-state index contributed by atoms with van der Waals surface area (Å²) >= 11 is 0. The summed E-state index contributed by atoms with van der Waals surface area (Å²) in [5.74, 6) is 0. The van der Waals surface area contributed by atoms with Crippen LogP contribution in [0.5, 0.6) is 0 Å². The lowest BCUT2D eigenvalue weighted by atomic mass is 10.0. The molecular weight excluding hydrogens is 356 g/mol. The average molecular weight is 372 g/mol. The average Bonchev–Trinajstić information content (AvgIpc) is 3.06. The fraction of sp³-hybridized carbons (Fsp3) is 0.0455. The van der Waals surface area contributed by atoms with E-state index >= 15 is 0 Å². The SMILES string of the molecule is Cc1cc([N+](=O)[O-])ccc1-n1oc(=O)c(-c2ccccc2)c1-c1ccccc1. The van der Waals surface area contributed by atoms with Crippen molar-refractivity contribution in [2.75, 3.05) is 0 Å². The fourth-order valence-electron chi connectivity index (χ4n) is 3.24. The van der Waals surface area contributed by atoms with Gasteiger partial charge in [0.05, 0.1) is 16.2 Å². The lowest BCUT2D eigenvalue weighted by Crippen LogP contribution is -2.00. The molecule has 0 aliphatic rings. The van der Waals surface area contributed by atoms with E-state index in [2.05, 4.69) is 0 Å². The number of non-ortho nitro benzene ring substituents is 1.